The zero-order valence-corrected chi connectivity index (χ0v) is 14.2. The van der Waals surface area contributed by atoms with Crippen LogP contribution in [0.15, 0.2) is 52.8 Å². The number of hydrogen-bond donors (Lipinski definition) is 1. The lowest BCUT2D eigenvalue weighted by Gasteiger charge is -2.00. The van der Waals surface area contributed by atoms with E-state index in [0.717, 1.165) is 5.56 Å². The van der Waals surface area contributed by atoms with Crippen LogP contribution in [-0.4, -0.2) is 33.5 Å². The average Bonchev–Trinajstić information content (AvgIpc) is 2.97. The Hall–Kier alpha value is -3.55. The number of carbonyl (C=O) groups is 2. The van der Waals surface area contributed by atoms with Gasteiger partial charge in [-0.2, -0.15) is 0 Å². The first-order chi connectivity index (χ1) is 12.5. The Morgan fingerprint density at radius 3 is 2.58 bits per heavy atom. The van der Waals surface area contributed by atoms with E-state index in [2.05, 4.69) is 19.9 Å². The molecule has 0 bridgehead atoms. The van der Waals surface area contributed by atoms with Crippen molar-refractivity contribution in [3.05, 3.63) is 59.4 Å². The van der Waals surface area contributed by atoms with Gasteiger partial charge in [0.05, 0.1) is 30.5 Å². The van der Waals surface area contributed by atoms with Crippen LogP contribution in [0.4, 0.5) is 11.5 Å². The van der Waals surface area contributed by atoms with Gasteiger partial charge in [-0.05, 0) is 42.8 Å². The number of methoxy groups -OCH3 is 1. The number of pyridine rings is 1. The molecular formula is C18H16N4O4. The van der Waals surface area contributed by atoms with Crippen LogP contribution in [0.2, 0.25) is 0 Å². The monoisotopic (exact) mass is 352 g/mol. The number of esters is 1. The summed E-state index contributed by atoms with van der Waals surface area (Å²) in [6.07, 6.45) is 1.51. The summed E-state index contributed by atoms with van der Waals surface area (Å²) in [5.41, 5.74) is 2.80. The number of carboxylic acid groups (broad SMARTS) is 1. The number of fused-ring (bicyclic) bond motifs is 1. The first-order valence-electron chi connectivity index (χ1n) is 7.78. The molecule has 0 aliphatic carbocycles. The predicted molar refractivity (Wildman–Crippen MR) is 93.2 cm³/mol. The molecule has 2 heterocycles. The van der Waals surface area contributed by atoms with Crippen molar-refractivity contribution in [3.8, 4) is 0 Å². The molecule has 8 heteroatoms. The summed E-state index contributed by atoms with van der Waals surface area (Å²) in [7, 11) is 1.31. The molecule has 26 heavy (non-hydrogen) atoms. The highest BCUT2D eigenvalue weighted by molar-refractivity contribution is 5.89. The molecule has 2 aromatic heterocycles. The zero-order chi connectivity index (χ0) is 18.7. The summed E-state index contributed by atoms with van der Waals surface area (Å²) < 4.78 is 6.36. The Morgan fingerprint density at radius 1 is 1.19 bits per heavy atom. The first-order valence-corrected chi connectivity index (χ1v) is 7.78. The van der Waals surface area contributed by atoms with Crippen LogP contribution in [0.25, 0.3) is 5.65 Å². The van der Waals surface area contributed by atoms with Crippen molar-refractivity contribution in [2.24, 2.45) is 10.2 Å². The van der Waals surface area contributed by atoms with Crippen molar-refractivity contribution < 1.29 is 19.4 Å². The number of benzene rings is 1. The normalized spacial score (nSPS) is 11.2. The van der Waals surface area contributed by atoms with E-state index in [0.29, 0.717) is 28.4 Å². The van der Waals surface area contributed by atoms with Crippen LogP contribution in [-0.2, 0) is 16.0 Å². The lowest BCUT2D eigenvalue weighted by Crippen LogP contribution is -2.00. The van der Waals surface area contributed by atoms with Gasteiger partial charge in [-0.15, -0.1) is 10.2 Å². The molecule has 0 spiro atoms. The third kappa shape index (κ3) is 3.44. The van der Waals surface area contributed by atoms with Gasteiger partial charge in [0.1, 0.15) is 5.65 Å². The second-order valence-electron chi connectivity index (χ2n) is 5.58. The summed E-state index contributed by atoms with van der Waals surface area (Å²) in [6.45, 7) is 1.89. The van der Waals surface area contributed by atoms with Gasteiger partial charge >= 0.3 is 11.9 Å². The van der Waals surface area contributed by atoms with Gasteiger partial charge in [0, 0.05) is 6.20 Å². The molecule has 1 aromatic carbocycles. The minimum Gasteiger partial charge on any atom is -0.481 e. The number of ether oxygens (including phenoxy) is 1. The Morgan fingerprint density at radius 2 is 1.92 bits per heavy atom. The maximum absolute atomic E-state index is 11.5. The summed E-state index contributed by atoms with van der Waals surface area (Å²) in [5.74, 6) is -1.07. The van der Waals surface area contributed by atoms with Gasteiger partial charge in [-0.25, -0.2) is 9.78 Å². The third-order valence-corrected chi connectivity index (χ3v) is 3.76. The molecule has 0 unspecified atom stereocenters. The fourth-order valence-electron chi connectivity index (χ4n) is 2.49. The standard InChI is InChI=1S/C18H16N4O4/c1-11-4-3-9-22-16(11)19-14(10-15(23)24)17(22)21-20-13-7-5-12(6-8-13)18(25)26-2/h3-9H,10H2,1-2H3,(H,23,24). The number of rotatable bonds is 5. The number of aryl methyl sites for hydroxylation is 1. The minimum absolute atomic E-state index is 0.253. The number of imidazole rings is 1. The van der Waals surface area contributed by atoms with Crippen molar-refractivity contribution in [1.82, 2.24) is 9.38 Å². The summed E-state index contributed by atoms with van der Waals surface area (Å²) in [5, 5.41) is 17.5. The van der Waals surface area contributed by atoms with E-state index < -0.39 is 11.9 Å². The zero-order valence-electron chi connectivity index (χ0n) is 14.2. The van der Waals surface area contributed by atoms with Gasteiger partial charge in [0.15, 0.2) is 5.82 Å². The Labute approximate surface area is 148 Å². The molecule has 132 valence electrons. The van der Waals surface area contributed by atoms with Crippen LogP contribution in [0.3, 0.4) is 0 Å². The fraction of sp³-hybridized carbons (Fsp3) is 0.167. The second kappa shape index (κ2) is 7.14. The first kappa shape index (κ1) is 17.3. The highest BCUT2D eigenvalue weighted by atomic mass is 16.5. The Bertz CT molecular complexity index is 1010. The molecule has 8 nitrogen and oxygen atoms in total. The molecule has 0 fully saturated rings. The van der Waals surface area contributed by atoms with Crippen LogP contribution in [0.1, 0.15) is 21.6 Å². The molecule has 0 amide bonds. The number of azo groups is 1. The molecule has 0 radical (unpaired) electrons. The maximum atomic E-state index is 11.5. The van der Waals surface area contributed by atoms with Crippen LogP contribution in [0.5, 0.6) is 0 Å². The van der Waals surface area contributed by atoms with E-state index in [1.807, 2.05) is 19.1 Å². The second-order valence-corrected chi connectivity index (χ2v) is 5.58. The number of carbonyl (C=O) groups excluding carboxylic acids is 1. The SMILES string of the molecule is COC(=O)c1ccc(N=Nc2c(CC(=O)O)nc3c(C)cccn23)cc1. The highest BCUT2D eigenvalue weighted by Gasteiger charge is 2.16. The van der Waals surface area contributed by atoms with Crippen LogP contribution < -0.4 is 0 Å². The van der Waals surface area contributed by atoms with Crippen molar-refractivity contribution >= 4 is 29.1 Å². The van der Waals surface area contributed by atoms with Crippen molar-refractivity contribution in [2.75, 3.05) is 7.11 Å². The Balaban J connectivity index is 1.99. The van der Waals surface area contributed by atoms with Gasteiger partial charge in [-0.1, -0.05) is 6.07 Å². The van der Waals surface area contributed by atoms with Crippen molar-refractivity contribution in [2.45, 2.75) is 13.3 Å². The number of nitrogens with zero attached hydrogens (tertiary/aromatic N) is 4. The van der Waals surface area contributed by atoms with E-state index >= 15 is 0 Å². The molecule has 0 saturated carbocycles. The topological polar surface area (TPSA) is 106 Å². The summed E-state index contributed by atoms with van der Waals surface area (Å²) in [6, 6.07) is 10.1. The average molecular weight is 352 g/mol. The van der Waals surface area contributed by atoms with Crippen LogP contribution >= 0.6 is 0 Å². The van der Waals surface area contributed by atoms with E-state index in [1.54, 1.807) is 34.9 Å². The van der Waals surface area contributed by atoms with E-state index in [1.165, 1.54) is 7.11 Å². The van der Waals surface area contributed by atoms with E-state index in [9.17, 15) is 9.59 Å². The third-order valence-electron chi connectivity index (χ3n) is 3.76. The highest BCUT2D eigenvalue weighted by Crippen LogP contribution is 2.26. The number of carboxylic acids is 1. The van der Waals surface area contributed by atoms with Gasteiger partial charge in [0.2, 0.25) is 0 Å². The molecule has 1 N–H and O–H groups in total. The van der Waals surface area contributed by atoms with Crippen molar-refractivity contribution in [3.63, 3.8) is 0 Å². The molecule has 3 rings (SSSR count). The number of aromatic nitrogens is 2. The molecular weight excluding hydrogens is 336 g/mol. The smallest absolute Gasteiger partial charge is 0.337 e. The summed E-state index contributed by atoms with van der Waals surface area (Å²) >= 11 is 0. The van der Waals surface area contributed by atoms with Crippen LogP contribution in [0, 0.1) is 6.92 Å². The molecule has 3 aromatic rings. The fourth-order valence-corrected chi connectivity index (χ4v) is 2.49. The van der Waals surface area contributed by atoms with Gasteiger partial charge < -0.3 is 9.84 Å². The molecule has 0 atom stereocenters. The molecule has 0 aliphatic rings. The Kier molecular flexibility index (Phi) is 4.74. The minimum atomic E-state index is -0.995. The van der Waals surface area contributed by atoms with Gasteiger partial charge in [0.25, 0.3) is 0 Å². The summed E-state index contributed by atoms with van der Waals surface area (Å²) in [4.78, 5) is 27.0. The number of aliphatic carboxylic acids is 1. The van der Waals surface area contributed by atoms with Crippen molar-refractivity contribution in [1.29, 1.82) is 0 Å². The number of hydrogen-bond acceptors (Lipinski definition) is 6. The maximum Gasteiger partial charge on any atom is 0.337 e. The molecule has 0 saturated heterocycles. The van der Waals surface area contributed by atoms with E-state index in [4.69, 9.17) is 5.11 Å². The quantitative estimate of drug-likeness (QED) is 0.559. The van der Waals surface area contributed by atoms with E-state index in [-0.39, 0.29) is 6.42 Å². The largest absolute Gasteiger partial charge is 0.481 e. The lowest BCUT2D eigenvalue weighted by molar-refractivity contribution is -0.136. The van der Waals surface area contributed by atoms with Gasteiger partial charge in [-0.3, -0.25) is 9.20 Å². The lowest BCUT2D eigenvalue weighted by atomic mass is 10.2. The molecule has 0 aliphatic heterocycles. The predicted octanol–water partition coefficient (Wildman–Crippen LogP) is 3.47.